The molecule has 0 radical (unpaired) electrons. The van der Waals surface area contributed by atoms with E-state index >= 15 is 0 Å². The summed E-state index contributed by atoms with van der Waals surface area (Å²) in [6, 6.07) is -0.859. The van der Waals surface area contributed by atoms with Crippen molar-refractivity contribution in [2.24, 2.45) is 5.41 Å². The molecule has 0 spiro atoms. The van der Waals surface area contributed by atoms with Crippen molar-refractivity contribution in [1.82, 2.24) is 5.32 Å². The first-order valence-corrected chi connectivity index (χ1v) is 5.79. The van der Waals surface area contributed by atoms with Crippen LogP contribution in [0, 0.1) is 5.41 Å². The van der Waals surface area contributed by atoms with Crippen molar-refractivity contribution in [3.05, 3.63) is 0 Å². The molecule has 6 nitrogen and oxygen atoms in total. The van der Waals surface area contributed by atoms with E-state index in [1.807, 2.05) is 20.8 Å². The predicted molar refractivity (Wildman–Crippen MR) is 61.3 cm³/mol. The van der Waals surface area contributed by atoms with Crippen LogP contribution in [0.15, 0.2) is 0 Å². The van der Waals surface area contributed by atoms with E-state index in [1.165, 1.54) is 0 Å². The van der Waals surface area contributed by atoms with Crippen molar-refractivity contribution in [2.75, 3.05) is 6.54 Å². The van der Waals surface area contributed by atoms with Gasteiger partial charge in [0.2, 0.25) is 0 Å². The minimum atomic E-state index is -1.53. The number of nitrogens with one attached hydrogen (secondary N) is 1. The minimum absolute atomic E-state index is 0.0641. The van der Waals surface area contributed by atoms with Crippen LogP contribution in [0.2, 0.25) is 0 Å². The fourth-order valence-electron chi connectivity index (χ4n) is 1.90. The van der Waals surface area contributed by atoms with E-state index in [-0.39, 0.29) is 5.41 Å². The Kier molecular flexibility index (Phi) is 4.51. The molecule has 102 valence electrons. The van der Waals surface area contributed by atoms with Crippen LogP contribution < -0.4 is 5.32 Å². The second kappa shape index (κ2) is 5.17. The molecule has 6 atom stereocenters. The highest BCUT2D eigenvalue weighted by atomic mass is 16.4. The van der Waals surface area contributed by atoms with Gasteiger partial charge in [-0.2, -0.15) is 0 Å². The molecule has 0 aromatic carbocycles. The van der Waals surface area contributed by atoms with Crippen LogP contribution in [0.3, 0.4) is 0 Å². The van der Waals surface area contributed by atoms with Crippen LogP contribution in [-0.4, -0.2) is 68.6 Å². The third kappa shape index (κ3) is 3.37. The van der Waals surface area contributed by atoms with Gasteiger partial charge in [-0.3, -0.25) is 0 Å². The first kappa shape index (κ1) is 14.8. The Morgan fingerprint density at radius 1 is 0.765 bits per heavy atom. The molecule has 0 bridgehead atoms. The minimum Gasteiger partial charge on any atom is -0.389 e. The van der Waals surface area contributed by atoms with E-state index in [4.69, 9.17) is 0 Å². The molecule has 1 saturated carbocycles. The Hall–Kier alpha value is -0.240. The highest BCUT2D eigenvalue weighted by Gasteiger charge is 2.48. The van der Waals surface area contributed by atoms with Gasteiger partial charge in [0.15, 0.2) is 0 Å². The van der Waals surface area contributed by atoms with Gasteiger partial charge in [0.05, 0.1) is 6.04 Å². The summed E-state index contributed by atoms with van der Waals surface area (Å²) in [5.41, 5.74) is -0.0641. The number of hydrogen-bond donors (Lipinski definition) is 6. The fraction of sp³-hybridized carbons (Fsp3) is 1.00. The van der Waals surface area contributed by atoms with Crippen LogP contribution >= 0.6 is 0 Å². The highest BCUT2D eigenvalue weighted by molar-refractivity contribution is 5.02. The van der Waals surface area contributed by atoms with Gasteiger partial charge in [0, 0.05) is 6.54 Å². The Labute approximate surface area is 101 Å². The molecule has 1 rings (SSSR count). The summed E-state index contributed by atoms with van der Waals surface area (Å²) in [4.78, 5) is 0. The van der Waals surface area contributed by atoms with Crippen LogP contribution in [0.5, 0.6) is 0 Å². The number of rotatable bonds is 2. The number of aliphatic hydroxyl groups excluding tert-OH is 5. The Morgan fingerprint density at radius 3 is 1.47 bits per heavy atom. The summed E-state index contributed by atoms with van der Waals surface area (Å²) in [5.74, 6) is 0. The zero-order valence-corrected chi connectivity index (χ0v) is 10.4. The van der Waals surface area contributed by atoms with Crippen LogP contribution in [0.25, 0.3) is 0 Å². The van der Waals surface area contributed by atoms with Crippen LogP contribution in [0.1, 0.15) is 20.8 Å². The molecule has 17 heavy (non-hydrogen) atoms. The molecule has 1 aliphatic rings. The highest BCUT2D eigenvalue weighted by Crippen LogP contribution is 2.22. The second-order valence-corrected chi connectivity index (χ2v) is 5.92. The molecule has 0 heterocycles. The molecule has 2 unspecified atom stereocenters. The lowest BCUT2D eigenvalue weighted by molar-refractivity contribution is -0.190. The quantitative estimate of drug-likeness (QED) is 0.331. The Balaban J connectivity index is 2.69. The third-order valence-corrected chi connectivity index (χ3v) is 3.00. The lowest BCUT2D eigenvalue weighted by atomic mass is 9.82. The van der Waals surface area contributed by atoms with Gasteiger partial charge in [0.1, 0.15) is 30.5 Å². The van der Waals surface area contributed by atoms with Gasteiger partial charge < -0.3 is 30.8 Å². The molecule has 1 fully saturated rings. The topological polar surface area (TPSA) is 113 Å². The summed E-state index contributed by atoms with van der Waals surface area (Å²) < 4.78 is 0. The molecule has 0 aliphatic heterocycles. The summed E-state index contributed by atoms with van der Waals surface area (Å²) in [6.07, 6.45) is -7.10. The van der Waals surface area contributed by atoms with Gasteiger partial charge in [-0.05, 0) is 5.41 Å². The van der Waals surface area contributed by atoms with Gasteiger partial charge >= 0.3 is 0 Å². The Morgan fingerprint density at radius 2 is 1.12 bits per heavy atom. The van der Waals surface area contributed by atoms with E-state index in [1.54, 1.807) is 0 Å². The van der Waals surface area contributed by atoms with E-state index in [0.29, 0.717) is 6.54 Å². The van der Waals surface area contributed by atoms with Crippen molar-refractivity contribution in [1.29, 1.82) is 0 Å². The SMILES string of the molecule is CC(C)(C)CNC1[C@@H](O)[C@H](O)C(O)[C@H](O)[C@H]1O. The van der Waals surface area contributed by atoms with Gasteiger partial charge in [0.25, 0.3) is 0 Å². The predicted octanol–water partition coefficient (Wildman–Crippen LogP) is -2.19. The monoisotopic (exact) mass is 249 g/mol. The van der Waals surface area contributed by atoms with Crippen molar-refractivity contribution < 1.29 is 25.5 Å². The first-order valence-electron chi connectivity index (χ1n) is 5.79. The molecule has 0 saturated heterocycles. The maximum Gasteiger partial charge on any atom is 0.111 e. The molecular formula is C11H23NO5. The van der Waals surface area contributed by atoms with Gasteiger partial charge in [-0.15, -0.1) is 0 Å². The summed E-state index contributed by atoms with van der Waals surface area (Å²) in [7, 11) is 0. The van der Waals surface area contributed by atoms with Crippen LogP contribution in [-0.2, 0) is 0 Å². The maximum absolute atomic E-state index is 9.75. The largest absolute Gasteiger partial charge is 0.389 e. The summed E-state index contributed by atoms with van der Waals surface area (Å²) in [6.45, 7) is 6.43. The fourth-order valence-corrected chi connectivity index (χ4v) is 1.90. The lowest BCUT2D eigenvalue weighted by Crippen LogP contribution is -2.68. The summed E-state index contributed by atoms with van der Waals surface area (Å²) >= 11 is 0. The second-order valence-electron chi connectivity index (χ2n) is 5.92. The van der Waals surface area contributed by atoms with E-state index in [9.17, 15) is 25.5 Å². The smallest absolute Gasteiger partial charge is 0.111 e. The zero-order chi connectivity index (χ0) is 13.4. The van der Waals surface area contributed by atoms with Crippen molar-refractivity contribution in [3.8, 4) is 0 Å². The normalized spacial score (nSPS) is 43.8. The molecular weight excluding hydrogens is 226 g/mol. The van der Waals surface area contributed by atoms with Gasteiger partial charge in [-0.25, -0.2) is 0 Å². The molecule has 0 aromatic rings. The van der Waals surface area contributed by atoms with E-state index in [0.717, 1.165) is 0 Å². The van der Waals surface area contributed by atoms with Crippen molar-refractivity contribution in [3.63, 3.8) is 0 Å². The standard InChI is InChI=1S/C11H23NO5/c1-11(2,3)4-12-5-6(13)8(15)10(17)9(16)7(5)14/h5-10,12-17H,4H2,1-3H3/t5?,6-,7+,8+,9-,10?. The number of aliphatic hydroxyl groups is 5. The first-order chi connectivity index (χ1) is 7.65. The average Bonchev–Trinajstić information content (AvgIpc) is 2.22. The number of hydrogen-bond acceptors (Lipinski definition) is 6. The van der Waals surface area contributed by atoms with Crippen LogP contribution in [0.4, 0.5) is 0 Å². The van der Waals surface area contributed by atoms with Crippen molar-refractivity contribution >= 4 is 0 Å². The maximum atomic E-state index is 9.75. The lowest BCUT2D eigenvalue weighted by Gasteiger charge is -2.43. The zero-order valence-electron chi connectivity index (χ0n) is 10.4. The molecule has 1 aliphatic carbocycles. The summed E-state index contributed by atoms with van der Waals surface area (Å²) in [5, 5.41) is 50.8. The molecule has 0 amide bonds. The average molecular weight is 249 g/mol. The Bertz CT molecular complexity index is 239. The molecule has 6 heteroatoms. The van der Waals surface area contributed by atoms with E-state index < -0.39 is 36.6 Å². The van der Waals surface area contributed by atoms with Crippen molar-refractivity contribution in [2.45, 2.75) is 57.3 Å². The van der Waals surface area contributed by atoms with Gasteiger partial charge in [-0.1, -0.05) is 20.8 Å². The molecule has 6 N–H and O–H groups in total. The van der Waals surface area contributed by atoms with E-state index in [2.05, 4.69) is 5.32 Å². The third-order valence-electron chi connectivity index (χ3n) is 3.00. The molecule has 0 aromatic heterocycles.